The number of hydrogen-bond donors (Lipinski definition) is 1. The van der Waals surface area contributed by atoms with Gasteiger partial charge in [-0.3, -0.25) is 0 Å². The normalized spacial score (nSPS) is 15.3. The van der Waals surface area contributed by atoms with Gasteiger partial charge in [0.15, 0.2) is 0 Å². The molecule has 1 aliphatic rings. The molecule has 0 amide bonds. The van der Waals surface area contributed by atoms with Crippen molar-refractivity contribution in [1.82, 2.24) is 9.97 Å². The van der Waals surface area contributed by atoms with E-state index in [2.05, 4.69) is 26.3 Å². The van der Waals surface area contributed by atoms with Crippen LogP contribution in [0.2, 0.25) is 0 Å². The minimum atomic E-state index is -0.374. The number of hydrogen-bond acceptors (Lipinski definition) is 5. The molecular formula is C17H18FN5. The lowest BCUT2D eigenvalue weighted by Gasteiger charge is -2.34. The number of aryl methyl sites for hydroxylation is 1. The molecule has 1 aliphatic heterocycles. The molecule has 0 atom stereocenters. The van der Waals surface area contributed by atoms with E-state index in [1.165, 1.54) is 12.1 Å². The second-order valence-electron chi connectivity index (χ2n) is 5.72. The van der Waals surface area contributed by atoms with Gasteiger partial charge in [0.05, 0.1) is 11.3 Å². The molecule has 0 spiro atoms. The van der Waals surface area contributed by atoms with Gasteiger partial charge in [0.25, 0.3) is 0 Å². The fourth-order valence-corrected chi connectivity index (χ4v) is 2.88. The maximum atomic E-state index is 13.2. The molecule has 1 saturated heterocycles. The van der Waals surface area contributed by atoms with E-state index in [0.717, 1.165) is 43.1 Å². The first-order valence-corrected chi connectivity index (χ1v) is 7.65. The van der Waals surface area contributed by atoms with Crippen molar-refractivity contribution >= 4 is 11.5 Å². The first kappa shape index (κ1) is 15.2. The molecular weight excluding hydrogens is 293 g/mol. The Balaban J connectivity index is 1.64. The van der Waals surface area contributed by atoms with Crippen LogP contribution in [-0.2, 0) is 0 Å². The second-order valence-corrected chi connectivity index (χ2v) is 5.72. The van der Waals surface area contributed by atoms with Crippen molar-refractivity contribution in [2.24, 2.45) is 0 Å². The van der Waals surface area contributed by atoms with Gasteiger partial charge in [0.1, 0.15) is 24.0 Å². The van der Waals surface area contributed by atoms with Gasteiger partial charge in [0, 0.05) is 30.9 Å². The van der Waals surface area contributed by atoms with Gasteiger partial charge in [-0.15, -0.1) is 0 Å². The molecule has 118 valence electrons. The molecule has 1 aromatic heterocycles. The molecule has 23 heavy (non-hydrogen) atoms. The Morgan fingerprint density at radius 3 is 2.74 bits per heavy atom. The van der Waals surface area contributed by atoms with E-state index in [1.807, 2.05) is 13.0 Å². The SMILES string of the molecule is Cc1cc(NC2CCN(c3ccc(F)cc3C#N)CC2)ncn1. The summed E-state index contributed by atoms with van der Waals surface area (Å²) in [7, 11) is 0. The average molecular weight is 311 g/mol. The van der Waals surface area contributed by atoms with E-state index >= 15 is 0 Å². The van der Waals surface area contributed by atoms with Crippen molar-refractivity contribution < 1.29 is 4.39 Å². The minimum absolute atomic E-state index is 0.339. The Kier molecular flexibility index (Phi) is 4.38. The first-order chi connectivity index (χ1) is 11.2. The summed E-state index contributed by atoms with van der Waals surface area (Å²) >= 11 is 0. The monoisotopic (exact) mass is 311 g/mol. The van der Waals surface area contributed by atoms with Crippen molar-refractivity contribution in [3.8, 4) is 6.07 Å². The highest BCUT2D eigenvalue weighted by Gasteiger charge is 2.21. The number of halogens is 1. The molecule has 3 rings (SSSR count). The van der Waals surface area contributed by atoms with E-state index in [1.54, 1.807) is 12.4 Å². The zero-order valence-corrected chi connectivity index (χ0v) is 13.0. The van der Waals surface area contributed by atoms with Gasteiger partial charge >= 0.3 is 0 Å². The standard InChI is InChI=1S/C17H18FN5/c1-12-8-17(21-11-20-12)22-15-4-6-23(7-5-15)16-3-2-14(18)9-13(16)10-19/h2-3,8-9,11,15H,4-7H2,1H3,(H,20,21,22). The highest BCUT2D eigenvalue weighted by atomic mass is 19.1. The van der Waals surface area contributed by atoms with Crippen LogP contribution in [0.1, 0.15) is 24.1 Å². The number of benzene rings is 1. The van der Waals surface area contributed by atoms with E-state index in [4.69, 9.17) is 0 Å². The zero-order chi connectivity index (χ0) is 16.2. The number of nitriles is 1. The minimum Gasteiger partial charge on any atom is -0.370 e. The second kappa shape index (κ2) is 6.61. The summed E-state index contributed by atoms with van der Waals surface area (Å²) in [6, 6.07) is 8.74. The van der Waals surface area contributed by atoms with Crippen LogP contribution in [0.5, 0.6) is 0 Å². The molecule has 1 N–H and O–H groups in total. The van der Waals surface area contributed by atoms with Gasteiger partial charge in [0.2, 0.25) is 0 Å². The third-order valence-electron chi connectivity index (χ3n) is 4.07. The van der Waals surface area contributed by atoms with E-state index in [0.29, 0.717) is 11.6 Å². The molecule has 0 radical (unpaired) electrons. The van der Waals surface area contributed by atoms with Crippen LogP contribution >= 0.6 is 0 Å². The lowest BCUT2D eigenvalue weighted by molar-refractivity contribution is 0.524. The fraction of sp³-hybridized carbons (Fsp3) is 0.353. The number of nitrogens with one attached hydrogen (secondary N) is 1. The number of nitrogens with zero attached hydrogens (tertiary/aromatic N) is 4. The van der Waals surface area contributed by atoms with Crippen molar-refractivity contribution in [1.29, 1.82) is 5.26 Å². The van der Waals surface area contributed by atoms with Crippen molar-refractivity contribution in [2.45, 2.75) is 25.8 Å². The van der Waals surface area contributed by atoms with E-state index < -0.39 is 0 Å². The van der Waals surface area contributed by atoms with Crippen molar-refractivity contribution in [3.63, 3.8) is 0 Å². The third kappa shape index (κ3) is 3.57. The maximum Gasteiger partial charge on any atom is 0.129 e. The van der Waals surface area contributed by atoms with Gasteiger partial charge < -0.3 is 10.2 Å². The largest absolute Gasteiger partial charge is 0.370 e. The summed E-state index contributed by atoms with van der Waals surface area (Å²) in [6.45, 7) is 3.58. The van der Waals surface area contributed by atoms with Crippen LogP contribution in [0.3, 0.4) is 0 Å². The Morgan fingerprint density at radius 1 is 1.26 bits per heavy atom. The van der Waals surface area contributed by atoms with Gasteiger partial charge in [-0.05, 0) is 38.0 Å². The van der Waals surface area contributed by atoms with Crippen LogP contribution in [0.25, 0.3) is 0 Å². The topological polar surface area (TPSA) is 64.8 Å². The summed E-state index contributed by atoms with van der Waals surface area (Å²) in [6.07, 6.45) is 3.43. The predicted octanol–water partition coefficient (Wildman–Crippen LogP) is 2.88. The smallest absolute Gasteiger partial charge is 0.129 e. The first-order valence-electron chi connectivity index (χ1n) is 7.65. The fourth-order valence-electron chi connectivity index (χ4n) is 2.88. The molecule has 2 heterocycles. The van der Waals surface area contributed by atoms with Crippen LogP contribution in [0, 0.1) is 24.1 Å². The van der Waals surface area contributed by atoms with Crippen LogP contribution < -0.4 is 10.2 Å². The summed E-state index contributed by atoms with van der Waals surface area (Å²) in [5, 5.41) is 12.6. The summed E-state index contributed by atoms with van der Waals surface area (Å²) < 4.78 is 13.2. The highest BCUT2D eigenvalue weighted by molar-refractivity contribution is 5.59. The van der Waals surface area contributed by atoms with Gasteiger partial charge in [-0.1, -0.05) is 0 Å². The lowest BCUT2D eigenvalue weighted by Crippen LogP contribution is -2.39. The number of aromatic nitrogens is 2. The molecule has 1 aromatic carbocycles. The van der Waals surface area contributed by atoms with Crippen LogP contribution in [-0.4, -0.2) is 29.1 Å². The number of piperidine rings is 1. The maximum absolute atomic E-state index is 13.2. The summed E-state index contributed by atoms with van der Waals surface area (Å²) in [4.78, 5) is 10.5. The third-order valence-corrected chi connectivity index (χ3v) is 4.07. The molecule has 0 saturated carbocycles. The van der Waals surface area contributed by atoms with E-state index in [-0.39, 0.29) is 5.82 Å². The molecule has 2 aromatic rings. The lowest BCUT2D eigenvalue weighted by atomic mass is 10.0. The predicted molar refractivity (Wildman–Crippen MR) is 86.7 cm³/mol. The Bertz CT molecular complexity index is 732. The quantitative estimate of drug-likeness (QED) is 0.944. The molecule has 1 fully saturated rings. The summed E-state index contributed by atoms with van der Waals surface area (Å²) in [5.74, 6) is 0.469. The van der Waals surface area contributed by atoms with E-state index in [9.17, 15) is 9.65 Å². The summed E-state index contributed by atoms with van der Waals surface area (Å²) in [5.41, 5.74) is 2.14. The van der Waals surface area contributed by atoms with Gasteiger partial charge in [-0.25, -0.2) is 14.4 Å². The van der Waals surface area contributed by atoms with Crippen LogP contribution in [0.4, 0.5) is 15.9 Å². The van der Waals surface area contributed by atoms with Crippen molar-refractivity contribution in [2.75, 3.05) is 23.3 Å². The Morgan fingerprint density at radius 2 is 2.04 bits per heavy atom. The number of anilines is 2. The zero-order valence-electron chi connectivity index (χ0n) is 13.0. The Hall–Kier alpha value is -2.68. The number of rotatable bonds is 3. The molecule has 0 aliphatic carbocycles. The molecule has 0 bridgehead atoms. The van der Waals surface area contributed by atoms with Gasteiger partial charge in [-0.2, -0.15) is 5.26 Å². The van der Waals surface area contributed by atoms with Crippen molar-refractivity contribution in [3.05, 3.63) is 47.7 Å². The molecule has 5 nitrogen and oxygen atoms in total. The molecule has 6 heteroatoms. The average Bonchev–Trinajstić information content (AvgIpc) is 2.56. The molecule has 0 unspecified atom stereocenters. The van der Waals surface area contributed by atoms with Crippen LogP contribution in [0.15, 0.2) is 30.6 Å². The highest BCUT2D eigenvalue weighted by Crippen LogP contribution is 2.25. The Labute approximate surface area is 134 Å².